The third-order valence-corrected chi connectivity index (χ3v) is 6.87. The summed E-state index contributed by atoms with van der Waals surface area (Å²) >= 11 is 0. The van der Waals surface area contributed by atoms with Gasteiger partial charge in [-0.2, -0.15) is 0 Å². The molecule has 1 fully saturated rings. The van der Waals surface area contributed by atoms with Crippen molar-refractivity contribution >= 4 is 25.5 Å². The fraction of sp³-hybridized carbons (Fsp3) is 0.455. The van der Waals surface area contributed by atoms with Gasteiger partial charge in [-0.05, 0) is 37.1 Å². The van der Waals surface area contributed by atoms with E-state index in [0.29, 0.717) is 18.5 Å². The molecule has 8 heteroatoms. The van der Waals surface area contributed by atoms with Gasteiger partial charge in [-0.3, -0.25) is 0 Å². The highest BCUT2D eigenvalue weighted by Crippen LogP contribution is 2.20. The van der Waals surface area contributed by atoms with Crippen molar-refractivity contribution in [2.75, 3.05) is 18.0 Å². The maximum absolute atomic E-state index is 12.0. The van der Waals surface area contributed by atoms with Gasteiger partial charge in [0.25, 0.3) is 0 Å². The van der Waals surface area contributed by atoms with E-state index in [0.717, 1.165) is 0 Å². The SMILES string of the molecule is Nc1ccc(S(=O)(=O)NCC2CCCS2(=O)=O)cc1. The van der Waals surface area contributed by atoms with Crippen molar-refractivity contribution in [1.29, 1.82) is 0 Å². The molecule has 1 aliphatic rings. The Bertz CT molecular complexity index is 650. The number of benzene rings is 1. The van der Waals surface area contributed by atoms with Crippen molar-refractivity contribution in [2.45, 2.75) is 23.0 Å². The average Bonchev–Trinajstić information content (AvgIpc) is 2.66. The molecule has 1 heterocycles. The van der Waals surface area contributed by atoms with E-state index >= 15 is 0 Å². The van der Waals surface area contributed by atoms with Gasteiger partial charge < -0.3 is 5.73 Å². The number of sulfonamides is 1. The molecule has 0 spiro atoms. The number of nitrogen functional groups attached to an aromatic ring is 1. The van der Waals surface area contributed by atoms with Crippen molar-refractivity contribution in [3.8, 4) is 0 Å². The fourth-order valence-corrected chi connectivity index (χ4v) is 4.97. The van der Waals surface area contributed by atoms with Crippen molar-refractivity contribution in [2.24, 2.45) is 0 Å². The second-order valence-electron chi connectivity index (χ2n) is 4.55. The summed E-state index contributed by atoms with van der Waals surface area (Å²) in [6, 6.07) is 5.75. The van der Waals surface area contributed by atoms with Gasteiger partial charge >= 0.3 is 0 Å². The average molecular weight is 304 g/mol. The van der Waals surface area contributed by atoms with Crippen LogP contribution in [-0.2, 0) is 19.9 Å². The molecule has 0 saturated carbocycles. The summed E-state index contributed by atoms with van der Waals surface area (Å²) in [6.07, 6.45) is 1.10. The fourth-order valence-electron chi connectivity index (χ4n) is 2.02. The van der Waals surface area contributed by atoms with E-state index < -0.39 is 25.1 Å². The van der Waals surface area contributed by atoms with Crippen LogP contribution in [0.3, 0.4) is 0 Å². The minimum absolute atomic E-state index is 0.0744. The van der Waals surface area contributed by atoms with Crippen LogP contribution < -0.4 is 10.5 Å². The number of hydrogen-bond acceptors (Lipinski definition) is 5. The number of anilines is 1. The second-order valence-corrected chi connectivity index (χ2v) is 8.72. The Morgan fingerprint density at radius 3 is 2.42 bits per heavy atom. The van der Waals surface area contributed by atoms with Crippen LogP contribution in [0.5, 0.6) is 0 Å². The lowest BCUT2D eigenvalue weighted by molar-refractivity contribution is 0.571. The first-order valence-electron chi connectivity index (χ1n) is 5.88. The zero-order chi connectivity index (χ0) is 14.1. The van der Waals surface area contributed by atoms with Crippen LogP contribution >= 0.6 is 0 Å². The van der Waals surface area contributed by atoms with Crippen LogP contribution in [0.4, 0.5) is 5.69 Å². The van der Waals surface area contributed by atoms with Gasteiger partial charge in [-0.1, -0.05) is 0 Å². The summed E-state index contributed by atoms with van der Waals surface area (Å²) in [5.74, 6) is 0.140. The van der Waals surface area contributed by atoms with Gasteiger partial charge in [0.15, 0.2) is 9.84 Å². The molecular weight excluding hydrogens is 288 g/mol. The van der Waals surface area contributed by atoms with Crippen LogP contribution in [0.2, 0.25) is 0 Å². The minimum Gasteiger partial charge on any atom is -0.399 e. The summed E-state index contributed by atoms with van der Waals surface area (Å²) in [4.78, 5) is 0.0806. The van der Waals surface area contributed by atoms with Crippen molar-refractivity contribution in [1.82, 2.24) is 4.72 Å². The summed E-state index contributed by atoms with van der Waals surface area (Å²) in [7, 11) is -6.83. The normalized spacial score (nSPS) is 22.4. The quantitative estimate of drug-likeness (QED) is 0.769. The number of nitrogens with two attached hydrogens (primary N) is 1. The molecule has 0 radical (unpaired) electrons. The predicted octanol–water partition coefficient (Wildman–Crippen LogP) is 0.124. The minimum atomic E-state index is -3.68. The first-order chi connectivity index (χ1) is 8.81. The van der Waals surface area contributed by atoms with E-state index in [1.165, 1.54) is 24.3 Å². The molecule has 1 unspecified atom stereocenters. The van der Waals surface area contributed by atoms with Gasteiger partial charge in [-0.15, -0.1) is 0 Å². The van der Waals surface area contributed by atoms with Crippen LogP contribution in [-0.4, -0.2) is 34.4 Å². The van der Waals surface area contributed by atoms with Crippen LogP contribution in [0.25, 0.3) is 0 Å². The largest absolute Gasteiger partial charge is 0.399 e. The molecule has 6 nitrogen and oxygen atoms in total. The number of nitrogens with one attached hydrogen (secondary N) is 1. The Hall–Kier alpha value is -1.12. The molecule has 2 rings (SSSR count). The monoisotopic (exact) mass is 304 g/mol. The topological polar surface area (TPSA) is 106 Å². The molecule has 0 amide bonds. The Morgan fingerprint density at radius 1 is 1.26 bits per heavy atom. The molecular formula is C11H16N2O4S2. The maximum atomic E-state index is 12.0. The van der Waals surface area contributed by atoms with E-state index in [1.54, 1.807) is 0 Å². The molecule has 0 aromatic heterocycles. The molecule has 19 heavy (non-hydrogen) atoms. The third-order valence-electron chi connectivity index (χ3n) is 3.15. The molecule has 1 aromatic carbocycles. The molecule has 0 aliphatic carbocycles. The lowest BCUT2D eigenvalue weighted by atomic mass is 10.2. The molecule has 0 bridgehead atoms. The van der Waals surface area contributed by atoms with Crippen molar-refractivity contribution in [3.05, 3.63) is 24.3 Å². The lowest BCUT2D eigenvalue weighted by Crippen LogP contribution is -2.34. The van der Waals surface area contributed by atoms with E-state index in [4.69, 9.17) is 5.73 Å². The van der Waals surface area contributed by atoms with Crippen LogP contribution in [0.1, 0.15) is 12.8 Å². The van der Waals surface area contributed by atoms with Gasteiger partial charge in [0, 0.05) is 12.2 Å². The molecule has 1 aromatic rings. The lowest BCUT2D eigenvalue weighted by Gasteiger charge is -2.11. The van der Waals surface area contributed by atoms with Gasteiger partial charge in [0.2, 0.25) is 10.0 Å². The second kappa shape index (κ2) is 5.10. The summed E-state index contributed by atoms with van der Waals surface area (Å²) in [5.41, 5.74) is 5.95. The van der Waals surface area contributed by atoms with Crippen LogP contribution in [0, 0.1) is 0 Å². The summed E-state index contributed by atoms with van der Waals surface area (Å²) in [6.45, 7) is -0.0744. The summed E-state index contributed by atoms with van der Waals surface area (Å²) < 4.78 is 49.5. The van der Waals surface area contributed by atoms with E-state index in [9.17, 15) is 16.8 Å². The number of hydrogen-bond donors (Lipinski definition) is 2. The Labute approximate surface area is 113 Å². The number of rotatable bonds is 4. The Kier molecular flexibility index (Phi) is 3.84. The van der Waals surface area contributed by atoms with Crippen molar-refractivity contribution in [3.63, 3.8) is 0 Å². The Morgan fingerprint density at radius 2 is 1.89 bits per heavy atom. The molecule has 1 saturated heterocycles. The van der Waals surface area contributed by atoms with E-state index in [1.807, 2.05) is 0 Å². The predicted molar refractivity (Wildman–Crippen MR) is 72.9 cm³/mol. The zero-order valence-corrected chi connectivity index (χ0v) is 11.9. The highest BCUT2D eigenvalue weighted by molar-refractivity contribution is 7.92. The molecule has 106 valence electrons. The summed E-state index contributed by atoms with van der Waals surface area (Å²) in [5, 5.41) is -0.615. The smallest absolute Gasteiger partial charge is 0.240 e. The maximum Gasteiger partial charge on any atom is 0.240 e. The molecule has 1 atom stereocenters. The van der Waals surface area contributed by atoms with Gasteiger partial charge in [-0.25, -0.2) is 21.6 Å². The number of sulfone groups is 1. The Balaban J connectivity index is 2.08. The van der Waals surface area contributed by atoms with Gasteiger partial charge in [0.05, 0.1) is 15.9 Å². The first-order valence-corrected chi connectivity index (χ1v) is 9.08. The van der Waals surface area contributed by atoms with E-state index in [-0.39, 0.29) is 17.2 Å². The first kappa shape index (κ1) is 14.3. The third kappa shape index (κ3) is 3.26. The standard InChI is InChI=1S/C11H16N2O4S2/c12-9-3-5-10(6-4-9)19(16,17)13-8-11-2-1-7-18(11,14)15/h3-6,11,13H,1-2,7-8,12H2. The molecule has 3 N–H and O–H groups in total. The zero-order valence-electron chi connectivity index (χ0n) is 10.2. The van der Waals surface area contributed by atoms with Crippen molar-refractivity contribution < 1.29 is 16.8 Å². The van der Waals surface area contributed by atoms with E-state index in [2.05, 4.69) is 4.72 Å². The molecule has 1 aliphatic heterocycles. The highest BCUT2D eigenvalue weighted by Gasteiger charge is 2.32. The highest BCUT2D eigenvalue weighted by atomic mass is 32.2. The van der Waals surface area contributed by atoms with Crippen LogP contribution in [0.15, 0.2) is 29.2 Å². The van der Waals surface area contributed by atoms with Gasteiger partial charge in [0.1, 0.15) is 0 Å².